The minimum Gasteiger partial charge on any atom is -0.345 e. The molecule has 7 nitrogen and oxygen atoms in total. The molecule has 0 aromatic carbocycles. The topological polar surface area (TPSA) is 76.7 Å². The molecule has 0 amide bonds. The lowest BCUT2D eigenvalue weighted by molar-refractivity contribution is 0.427. The van der Waals surface area contributed by atoms with Gasteiger partial charge in [-0.2, -0.15) is 5.10 Å². The first-order valence-corrected chi connectivity index (χ1v) is 10.0. The summed E-state index contributed by atoms with van der Waals surface area (Å²) in [6.07, 6.45) is 11.9. The van der Waals surface area contributed by atoms with E-state index in [1.807, 2.05) is 6.20 Å². The quantitative estimate of drug-likeness (QED) is 0.599. The number of fused-ring (bicyclic) bond motifs is 3. The van der Waals surface area contributed by atoms with Gasteiger partial charge in [0.25, 0.3) is 0 Å². The van der Waals surface area contributed by atoms with Crippen LogP contribution in [0.1, 0.15) is 68.4 Å². The van der Waals surface area contributed by atoms with E-state index in [2.05, 4.69) is 54.5 Å². The standard InChI is InChI=1S/C20H23N7/c1-2-12-9-14(26-8-6-16(25-26)13-3-4-13)10-15(12)20-24-23-18-11-22-19-17(27(18)20)5-7-21-19/h5-8,11-15,21H,2-4,9-10H2,1H3/t12-,14+,15+/m1/s1. The second-order valence-corrected chi connectivity index (χ2v) is 8.12. The van der Waals surface area contributed by atoms with Crippen LogP contribution in [0.25, 0.3) is 16.8 Å². The second kappa shape index (κ2) is 5.65. The molecule has 0 bridgehead atoms. The van der Waals surface area contributed by atoms with Crippen LogP contribution in [0, 0.1) is 5.92 Å². The predicted octanol–water partition coefficient (Wildman–Crippen LogP) is 3.82. The average Bonchev–Trinajstić information content (AvgIpc) is 3.14. The van der Waals surface area contributed by atoms with Gasteiger partial charge in [-0.25, -0.2) is 4.98 Å². The van der Waals surface area contributed by atoms with E-state index < -0.39 is 0 Å². The van der Waals surface area contributed by atoms with Crippen molar-refractivity contribution in [3.05, 3.63) is 42.2 Å². The molecule has 6 rings (SSSR count). The fraction of sp³-hybridized carbons (Fsp3) is 0.500. The van der Waals surface area contributed by atoms with E-state index >= 15 is 0 Å². The molecule has 2 saturated carbocycles. The molecule has 27 heavy (non-hydrogen) atoms. The lowest BCUT2D eigenvalue weighted by Gasteiger charge is -2.15. The van der Waals surface area contributed by atoms with Gasteiger partial charge in [0.1, 0.15) is 5.82 Å². The highest BCUT2D eigenvalue weighted by Gasteiger charge is 2.38. The molecule has 2 aliphatic rings. The Morgan fingerprint density at radius 1 is 1.19 bits per heavy atom. The van der Waals surface area contributed by atoms with Crippen LogP contribution >= 0.6 is 0 Å². The Kier molecular flexibility index (Phi) is 3.21. The third kappa shape index (κ3) is 2.33. The third-order valence-electron chi connectivity index (χ3n) is 6.49. The molecule has 4 heterocycles. The van der Waals surface area contributed by atoms with Crippen LogP contribution in [0.2, 0.25) is 0 Å². The number of H-pyrrole nitrogens is 1. The van der Waals surface area contributed by atoms with Gasteiger partial charge in [-0.3, -0.25) is 9.08 Å². The van der Waals surface area contributed by atoms with E-state index in [0.29, 0.717) is 23.8 Å². The zero-order valence-corrected chi connectivity index (χ0v) is 15.4. The Balaban J connectivity index is 1.39. The van der Waals surface area contributed by atoms with Gasteiger partial charge in [0.05, 0.1) is 23.4 Å². The third-order valence-corrected chi connectivity index (χ3v) is 6.49. The number of nitrogens with one attached hydrogen (secondary N) is 1. The fourth-order valence-electron chi connectivity index (χ4n) is 4.87. The number of rotatable bonds is 4. The van der Waals surface area contributed by atoms with Gasteiger partial charge in [-0.15, -0.1) is 10.2 Å². The van der Waals surface area contributed by atoms with E-state index in [9.17, 15) is 0 Å². The first-order chi connectivity index (χ1) is 13.3. The van der Waals surface area contributed by atoms with Gasteiger partial charge in [0.15, 0.2) is 11.3 Å². The molecule has 3 atom stereocenters. The summed E-state index contributed by atoms with van der Waals surface area (Å²) >= 11 is 0. The van der Waals surface area contributed by atoms with Crippen molar-refractivity contribution >= 4 is 16.8 Å². The minimum absolute atomic E-state index is 0.393. The number of hydrogen-bond donors (Lipinski definition) is 1. The number of nitrogens with zero attached hydrogens (tertiary/aromatic N) is 6. The van der Waals surface area contributed by atoms with Crippen LogP contribution in [0.5, 0.6) is 0 Å². The second-order valence-electron chi connectivity index (χ2n) is 8.12. The summed E-state index contributed by atoms with van der Waals surface area (Å²) in [7, 11) is 0. The Morgan fingerprint density at radius 3 is 2.96 bits per heavy atom. The molecule has 0 saturated heterocycles. The summed E-state index contributed by atoms with van der Waals surface area (Å²) < 4.78 is 4.40. The van der Waals surface area contributed by atoms with E-state index in [1.165, 1.54) is 18.5 Å². The van der Waals surface area contributed by atoms with E-state index in [0.717, 1.165) is 41.9 Å². The molecular weight excluding hydrogens is 338 g/mol. The SMILES string of the molecule is CC[C@@H]1C[C@H](n2ccc(C3CC3)n2)C[C@@H]1c1nnc2cnc3[nH]ccc3n12. The molecule has 2 aliphatic carbocycles. The zero-order valence-electron chi connectivity index (χ0n) is 15.4. The summed E-state index contributed by atoms with van der Waals surface area (Å²) in [5.74, 6) is 2.77. The molecule has 0 aliphatic heterocycles. The van der Waals surface area contributed by atoms with E-state index in [4.69, 9.17) is 5.10 Å². The Hall–Kier alpha value is -2.70. The van der Waals surface area contributed by atoms with Gasteiger partial charge in [-0.1, -0.05) is 13.3 Å². The van der Waals surface area contributed by atoms with Gasteiger partial charge in [0, 0.05) is 24.2 Å². The van der Waals surface area contributed by atoms with Crippen LogP contribution in [-0.4, -0.2) is 34.3 Å². The van der Waals surface area contributed by atoms with Crippen LogP contribution in [0.4, 0.5) is 0 Å². The molecule has 7 heteroatoms. The van der Waals surface area contributed by atoms with Gasteiger partial charge in [-0.05, 0) is 43.7 Å². The van der Waals surface area contributed by atoms with Gasteiger partial charge in [0.2, 0.25) is 0 Å². The minimum atomic E-state index is 0.393. The van der Waals surface area contributed by atoms with Crippen molar-refractivity contribution in [1.82, 2.24) is 34.3 Å². The number of aromatic nitrogens is 7. The lowest BCUT2D eigenvalue weighted by Crippen LogP contribution is -2.10. The molecule has 4 aromatic rings. The Bertz CT molecular complexity index is 1120. The van der Waals surface area contributed by atoms with Crippen molar-refractivity contribution in [3.63, 3.8) is 0 Å². The normalized spacial score (nSPS) is 25.7. The van der Waals surface area contributed by atoms with Crippen LogP contribution in [0.15, 0.2) is 30.7 Å². The Labute approximate surface area is 156 Å². The summed E-state index contributed by atoms with van der Waals surface area (Å²) in [6.45, 7) is 2.29. The molecule has 0 radical (unpaired) electrons. The summed E-state index contributed by atoms with van der Waals surface area (Å²) in [5.41, 5.74) is 4.04. The van der Waals surface area contributed by atoms with Crippen LogP contribution in [-0.2, 0) is 0 Å². The van der Waals surface area contributed by atoms with Crippen LogP contribution < -0.4 is 0 Å². The summed E-state index contributed by atoms with van der Waals surface area (Å²) in [6, 6.07) is 4.72. The number of hydrogen-bond acceptors (Lipinski definition) is 4. The predicted molar refractivity (Wildman–Crippen MR) is 102 cm³/mol. The molecule has 2 fully saturated rings. The zero-order chi connectivity index (χ0) is 18.0. The smallest absolute Gasteiger partial charge is 0.179 e. The van der Waals surface area contributed by atoms with Crippen LogP contribution in [0.3, 0.4) is 0 Å². The van der Waals surface area contributed by atoms with Gasteiger partial charge < -0.3 is 4.98 Å². The maximum absolute atomic E-state index is 4.90. The molecule has 138 valence electrons. The van der Waals surface area contributed by atoms with Crippen molar-refractivity contribution in [2.45, 2.75) is 56.9 Å². The van der Waals surface area contributed by atoms with Crippen molar-refractivity contribution in [2.75, 3.05) is 0 Å². The summed E-state index contributed by atoms with van der Waals surface area (Å²) in [5, 5.41) is 13.9. The first kappa shape index (κ1) is 15.4. The molecule has 1 N–H and O–H groups in total. The maximum Gasteiger partial charge on any atom is 0.179 e. The fourth-order valence-corrected chi connectivity index (χ4v) is 4.87. The monoisotopic (exact) mass is 361 g/mol. The molecule has 4 aromatic heterocycles. The highest BCUT2D eigenvalue weighted by Crippen LogP contribution is 2.47. The van der Waals surface area contributed by atoms with Gasteiger partial charge >= 0.3 is 0 Å². The van der Waals surface area contributed by atoms with Crippen molar-refractivity contribution in [3.8, 4) is 0 Å². The van der Waals surface area contributed by atoms with E-state index in [1.54, 1.807) is 6.20 Å². The maximum atomic E-state index is 4.90. The van der Waals surface area contributed by atoms with Crippen molar-refractivity contribution in [1.29, 1.82) is 0 Å². The highest BCUT2D eigenvalue weighted by molar-refractivity contribution is 5.74. The molecule has 0 spiro atoms. The molecule has 0 unspecified atom stereocenters. The largest absolute Gasteiger partial charge is 0.345 e. The lowest BCUT2D eigenvalue weighted by atomic mass is 9.93. The Morgan fingerprint density at radius 2 is 2.11 bits per heavy atom. The first-order valence-electron chi connectivity index (χ1n) is 10.0. The van der Waals surface area contributed by atoms with Crippen molar-refractivity contribution in [2.24, 2.45) is 5.92 Å². The molecular formula is C20H23N7. The van der Waals surface area contributed by atoms with Crippen molar-refractivity contribution < 1.29 is 0 Å². The average molecular weight is 361 g/mol. The highest BCUT2D eigenvalue weighted by atomic mass is 15.3. The van der Waals surface area contributed by atoms with E-state index in [-0.39, 0.29) is 0 Å². The number of aromatic amines is 1. The summed E-state index contributed by atoms with van der Waals surface area (Å²) in [4.78, 5) is 7.64.